The van der Waals surface area contributed by atoms with Crippen molar-refractivity contribution in [2.24, 2.45) is 11.7 Å². The molecule has 2 nitrogen and oxygen atoms in total. The van der Waals surface area contributed by atoms with Crippen LogP contribution >= 0.6 is 11.8 Å². The maximum atomic E-state index is 6.26. The molecule has 1 aromatic rings. The van der Waals surface area contributed by atoms with Gasteiger partial charge >= 0.3 is 0 Å². The zero-order valence-corrected chi connectivity index (χ0v) is 12.1. The number of nitrogens with two attached hydrogens (primary N) is 1. The predicted molar refractivity (Wildman–Crippen MR) is 78.2 cm³/mol. The molecular formula is C15H23NOS. The van der Waals surface area contributed by atoms with E-state index in [0.717, 1.165) is 11.7 Å². The molecule has 2 N–H and O–H groups in total. The number of ether oxygens (including phenoxy) is 1. The third-order valence-corrected chi connectivity index (χ3v) is 5.23. The first-order chi connectivity index (χ1) is 8.72. The Bertz CT molecular complexity index is 383. The summed E-state index contributed by atoms with van der Waals surface area (Å²) in [6.07, 6.45) is 4.99. The van der Waals surface area contributed by atoms with E-state index in [1.54, 1.807) is 7.11 Å². The van der Waals surface area contributed by atoms with E-state index in [1.165, 1.54) is 30.6 Å². The van der Waals surface area contributed by atoms with Gasteiger partial charge in [0.15, 0.2) is 0 Å². The average Bonchev–Trinajstić information content (AvgIpc) is 2.41. The smallest absolute Gasteiger partial charge is 0.119 e. The monoisotopic (exact) mass is 265 g/mol. The van der Waals surface area contributed by atoms with E-state index in [4.69, 9.17) is 10.5 Å². The summed E-state index contributed by atoms with van der Waals surface area (Å²) in [5.74, 6) is 1.78. The van der Waals surface area contributed by atoms with E-state index in [1.807, 2.05) is 23.9 Å². The van der Waals surface area contributed by atoms with Gasteiger partial charge in [0.1, 0.15) is 5.75 Å². The molecule has 3 atom stereocenters. The lowest BCUT2D eigenvalue weighted by atomic mass is 9.84. The summed E-state index contributed by atoms with van der Waals surface area (Å²) >= 11 is 1.92. The lowest BCUT2D eigenvalue weighted by Crippen LogP contribution is -2.38. The molecular weight excluding hydrogens is 242 g/mol. The first-order valence-electron chi connectivity index (χ1n) is 6.79. The highest BCUT2D eigenvalue weighted by molar-refractivity contribution is 8.00. The SMILES string of the molecule is CCC1CCC(N)C(Sc2cccc(OC)c2)C1. The summed E-state index contributed by atoms with van der Waals surface area (Å²) in [5.41, 5.74) is 6.26. The molecule has 0 heterocycles. The van der Waals surface area contributed by atoms with Crippen molar-refractivity contribution in [3.8, 4) is 5.75 Å². The lowest BCUT2D eigenvalue weighted by Gasteiger charge is -2.33. The second-order valence-electron chi connectivity index (χ2n) is 5.09. The molecule has 0 spiro atoms. The van der Waals surface area contributed by atoms with Crippen molar-refractivity contribution in [3.05, 3.63) is 24.3 Å². The van der Waals surface area contributed by atoms with E-state index in [-0.39, 0.29) is 0 Å². The van der Waals surface area contributed by atoms with Crippen molar-refractivity contribution in [2.75, 3.05) is 7.11 Å². The molecule has 1 aliphatic rings. The Morgan fingerprint density at radius 2 is 2.22 bits per heavy atom. The Hall–Kier alpha value is -0.670. The second-order valence-corrected chi connectivity index (χ2v) is 6.40. The number of benzene rings is 1. The molecule has 0 bridgehead atoms. The van der Waals surface area contributed by atoms with Crippen LogP contribution in [0.1, 0.15) is 32.6 Å². The van der Waals surface area contributed by atoms with E-state index >= 15 is 0 Å². The van der Waals surface area contributed by atoms with Gasteiger partial charge in [-0.05, 0) is 43.4 Å². The van der Waals surface area contributed by atoms with E-state index < -0.39 is 0 Å². The van der Waals surface area contributed by atoms with Crippen molar-refractivity contribution in [3.63, 3.8) is 0 Å². The zero-order chi connectivity index (χ0) is 13.0. The van der Waals surface area contributed by atoms with Gasteiger partial charge in [-0.2, -0.15) is 0 Å². The van der Waals surface area contributed by atoms with Crippen LogP contribution in [-0.2, 0) is 0 Å². The molecule has 1 fully saturated rings. The Morgan fingerprint density at radius 1 is 1.39 bits per heavy atom. The predicted octanol–water partition coefficient (Wildman–Crippen LogP) is 3.69. The van der Waals surface area contributed by atoms with Crippen LogP contribution in [0.5, 0.6) is 5.75 Å². The van der Waals surface area contributed by atoms with Gasteiger partial charge in [0.2, 0.25) is 0 Å². The van der Waals surface area contributed by atoms with Crippen LogP contribution in [0, 0.1) is 5.92 Å². The number of methoxy groups -OCH3 is 1. The van der Waals surface area contributed by atoms with E-state index in [0.29, 0.717) is 11.3 Å². The van der Waals surface area contributed by atoms with Crippen LogP contribution in [0.2, 0.25) is 0 Å². The van der Waals surface area contributed by atoms with Crippen molar-refractivity contribution >= 4 is 11.8 Å². The molecule has 100 valence electrons. The molecule has 2 rings (SSSR count). The molecule has 3 heteroatoms. The standard InChI is InChI=1S/C15H23NOS/c1-3-11-7-8-14(16)15(9-11)18-13-6-4-5-12(10-13)17-2/h4-6,10-11,14-15H,3,7-9,16H2,1-2H3. The topological polar surface area (TPSA) is 35.2 Å². The first kappa shape index (κ1) is 13.8. The van der Waals surface area contributed by atoms with Crippen molar-refractivity contribution < 1.29 is 4.74 Å². The number of hydrogen-bond acceptors (Lipinski definition) is 3. The van der Waals surface area contributed by atoms with Crippen molar-refractivity contribution in [1.29, 1.82) is 0 Å². The van der Waals surface area contributed by atoms with Gasteiger partial charge < -0.3 is 10.5 Å². The zero-order valence-electron chi connectivity index (χ0n) is 11.3. The van der Waals surface area contributed by atoms with Crippen LogP contribution in [0.4, 0.5) is 0 Å². The van der Waals surface area contributed by atoms with Gasteiger partial charge in [-0.15, -0.1) is 11.8 Å². The number of rotatable bonds is 4. The van der Waals surface area contributed by atoms with Gasteiger partial charge in [-0.3, -0.25) is 0 Å². The Labute approximate surface area is 114 Å². The van der Waals surface area contributed by atoms with Crippen LogP contribution in [-0.4, -0.2) is 18.4 Å². The Morgan fingerprint density at radius 3 is 2.94 bits per heavy atom. The quantitative estimate of drug-likeness (QED) is 0.901. The molecule has 1 aliphatic carbocycles. The summed E-state index contributed by atoms with van der Waals surface area (Å²) in [6, 6.07) is 8.62. The third kappa shape index (κ3) is 3.42. The lowest BCUT2D eigenvalue weighted by molar-refractivity contribution is 0.327. The summed E-state index contributed by atoms with van der Waals surface area (Å²) in [4.78, 5) is 1.27. The molecule has 0 amide bonds. The van der Waals surface area contributed by atoms with Gasteiger partial charge in [0, 0.05) is 16.2 Å². The normalized spacial score (nSPS) is 28.1. The van der Waals surface area contributed by atoms with Crippen molar-refractivity contribution in [2.45, 2.75) is 48.8 Å². The first-order valence-corrected chi connectivity index (χ1v) is 7.67. The van der Waals surface area contributed by atoms with Gasteiger partial charge in [0.25, 0.3) is 0 Å². The molecule has 0 aromatic heterocycles. The Balaban J connectivity index is 2.02. The summed E-state index contributed by atoms with van der Waals surface area (Å²) in [5, 5.41) is 0.552. The highest BCUT2D eigenvalue weighted by atomic mass is 32.2. The molecule has 3 unspecified atom stereocenters. The highest BCUT2D eigenvalue weighted by Gasteiger charge is 2.27. The highest BCUT2D eigenvalue weighted by Crippen LogP contribution is 2.37. The van der Waals surface area contributed by atoms with Crippen LogP contribution in [0.3, 0.4) is 0 Å². The molecule has 0 saturated heterocycles. The maximum Gasteiger partial charge on any atom is 0.119 e. The van der Waals surface area contributed by atoms with Crippen molar-refractivity contribution in [1.82, 2.24) is 0 Å². The van der Waals surface area contributed by atoms with Crippen LogP contribution < -0.4 is 10.5 Å². The fourth-order valence-electron chi connectivity index (χ4n) is 2.59. The fourth-order valence-corrected chi connectivity index (χ4v) is 3.96. The summed E-state index contributed by atoms with van der Waals surface area (Å²) in [6.45, 7) is 2.29. The minimum atomic E-state index is 0.337. The van der Waals surface area contributed by atoms with E-state index in [2.05, 4.69) is 19.1 Å². The molecule has 1 aromatic carbocycles. The number of thioether (sulfide) groups is 1. The third-order valence-electron chi connectivity index (χ3n) is 3.86. The summed E-state index contributed by atoms with van der Waals surface area (Å²) < 4.78 is 5.27. The van der Waals surface area contributed by atoms with Gasteiger partial charge in [-0.25, -0.2) is 0 Å². The molecule has 0 aliphatic heterocycles. The Kier molecular flexibility index (Phi) is 4.95. The fraction of sp³-hybridized carbons (Fsp3) is 0.600. The molecule has 0 radical (unpaired) electrons. The van der Waals surface area contributed by atoms with Gasteiger partial charge in [0.05, 0.1) is 7.11 Å². The number of hydrogen-bond donors (Lipinski definition) is 1. The van der Waals surface area contributed by atoms with Crippen LogP contribution in [0.15, 0.2) is 29.2 Å². The van der Waals surface area contributed by atoms with Gasteiger partial charge in [-0.1, -0.05) is 19.4 Å². The average molecular weight is 265 g/mol. The van der Waals surface area contributed by atoms with E-state index in [9.17, 15) is 0 Å². The maximum absolute atomic E-state index is 6.26. The summed E-state index contributed by atoms with van der Waals surface area (Å²) in [7, 11) is 1.71. The largest absolute Gasteiger partial charge is 0.497 e. The second kappa shape index (κ2) is 6.48. The molecule has 1 saturated carbocycles. The minimum absolute atomic E-state index is 0.337. The molecule has 18 heavy (non-hydrogen) atoms. The van der Waals surface area contributed by atoms with Crippen LogP contribution in [0.25, 0.3) is 0 Å². The minimum Gasteiger partial charge on any atom is -0.497 e.